The average molecular weight is 226 g/mol. The fourth-order valence-corrected chi connectivity index (χ4v) is 1.70. The Kier molecular flexibility index (Phi) is 3.27. The van der Waals surface area contributed by atoms with Crippen molar-refractivity contribution < 1.29 is 4.42 Å². The molecule has 0 saturated carbocycles. The van der Waals surface area contributed by atoms with Gasteiger partial charge in [0.25, 0.3) is 0 Å². The first-order valence-corrected chi connectivity index (χ1v) is 5.49. The van der Waals surface area contributed by atoms with E-state index in [1.54, 1.807) is 0 Å². The zero-order valence-electron chi connectivity index (χ0n) is 9.95. The first-order chi connectivity index (χ1) is 8.24. The van der Waals surface area contributed by atoms with Gasteiger partial charge in [0.15, 0.2) is 0 Å². The summed E-state index contributed by atoms with van der Waals surface area (Å²) in [5, 5.41) is 12.0. The van der Waals surface area contributed by atoms with Crippen LogP contribution in [0.3, 0.4) is 0 Å². The van der Waals surface area contributed by atoms with E-state index in [9.17, 15) is 0 Å². The molecule has 0 aliphatic rings. The van der Waals surface area contributed by atoms with E-state index >= 15 is 0 Å². The van der Waals surface area contributed by atoms with E-state index in [1.807, 2.05) is 44.3 Å². The molecular formula is C14H14N2O. The zero-order valence-corrected chi connectivity index (χ0v) is 9.95. The Labute approximate surface area is 101 Å². The van der Waals surface area contributed by atoms with Gasteiger partial charge in [-0.15, -0.1) is 0 Å². The van der Waals surface area contributed by atoms with E-state index < -0.39 is 0 Å². The van der Waals surface area contributed by atoms with Crippen molar-refractivity contribution in [2.75, 3.05) is 7.05 Å². The Balaban J connectivity index is 2.36. The van der Waals surface area contributed by atoms with Gasteiger partial charge in [-0.2, -0.15) is 5.26 Å². The van der Waals surface area contributed by atoms with Crippen LogP contribution < -0.4 is 5.32 Å². The first kappa shape index (κ1) is 11.4. The van der Waals surface area contributed by atoms with Crippen molar-refractivity contribution >= 4 is 0 Å². The minimum atomic E-state index is 0.689. The maximum absolute atomic E-state index is 8.99. The lowest BCUT2D eigenvalue weighted by Crippen LogP contribution is -2.03. The lowest BCUT2D eigenvalue weighted by atomic mass is 10.0. The quantitative estimate of drug-likeness (QED) is 0.875. The maximum Gasteiger partial charge on any atom is 0.134 e. The number of aryl methyl sites for hydroxylation is 1. The van der Waals surface area contributed by atoms with E-state index in [-0.39, 0.29) is 0 Å². The number of benzene rings is 1. The van der Waals surface area contributed by atoms with Crippen LogP contribution in [0.5, 0.6) is 0 Å². The summed E-state index contributed by atoms with van der Waals surface area (Å²) < 4.78 is 5.68. The van der Waals surface area contributed by atoms with Crippen molar-refractivity contribution in [3.05, 3.63) is 47.2 Å². The molecule has 1 heterocycles. The van der Waals surface area contributed by atoms with Gasteiger partial charge in [-0.05, 0) is 37.7 Å². The van der Waals surface area contributed by atoms with Gasteiger partial charge >= 0.3 is 0 Å². The Hall–Kier alpha value is -2.05. The van der Waals surface area contributed by atoms with Gasteiger partial charge in [0.05, 0.1) is 18.2 Å². The summed E-state index contributed by atoms with van der Waals surface area (Å²) in [4.78, 5) is 0. The molecule has 0 bridgehead atoms. The van der Waals surface area contributed by atoms with E-state index in [0.717, 1.165) is 22.6 Å². The molecule has 2 rings (SSSR count). The molecule has 0 aliphatic heterocycles. The molecule has 0 spiro atoms. The lowest BCUT2D eigenvalue weighted by molar-refractivity contribution is 0.507. The molecule has 0 aliphatic carbocycles. The average Bonchev–Trinajstić information content (AvgIpc) is 2.79. The van der Waals surface area contributed by atoms with Crippen LogP contribution in [-0.4, -0.2) is 7.05 Å². The standard InChI is InChI=1S/C14H14N2O/c1-10-3-4-11(7-12(10)8-15)14-6-5-13(17-14)9-16-2/h3-7,16H,9H2,1-2H3. The summed E-state index contributed by atoms with van der Waals surface area (Å²) >= 11 is 0. The predicted molar refractivity (Wildman–Crippen MR) is 66.4 cm³/mol. The largest absolute Gasteiger partial charge is 0.460 e. The molecule has 1 aromatic carbocycles. The minimum absolute atomic E-state index is 0.689. The van der Waals surface area contributed by atoms with E-state index in [4.69, 9.17) is 9.68 Å². The van der Waals surface area contributed by atoms with Crippen LogP contribution in [0.25, 0.3) is 11.3 Å². The second-order valence-corrected chi connectivity index (χ2v) is 3.94. The molecule has 86 valence electrons. The number of rotatable bonds is 3. The molecule has 1 aromatic heterocycles. The molecule has 0 amide bonds. The second kappa shape index (κ2) is 4.86. The van der Waals surface area contributed by atoms with Gasteiger partial charge in [-0.3, -0.25) is 0 Å². The van der Waals surface area contributed by atoms with Gasteiger partial charge < -0.3 is 9.73 Å². The van der Waals surface area contributed by atoms with Crippen LogP contribution >= 0.6 is 0 Å². The highest BCUT2D eigenvalue weighted by Crippen LogP contribution is 2.24. The number of nitriles is 1. The van der Waals surface area contributed by atoms with Crippen molar-refractivity contribution in [1.29, 1.82) is 5.26 Å². The molecule has 3 heteroatoms. The number of nitrogens with one attached hydrogen (secondary N) is 1. The Morgan fingerprint density at radius 3 is 2.82 bits per heavy atom. The van der Waals surface area contributed by atoms with Gasteiger partial charge in [0.1, 0.15) is 11.5 Å². The molecule has 0 atom stereocenters. The highest BCUT2D eigenvalue weighted by Gasteiger charge is 2.06. The number of hydrogen-bond donors (Lipinski definition) is 1. The molecule has 0 radical (unpaired) electrons. The third kappa shape index (κ3) is 2.38. The number of hydrogen-bond acceptors (Lipinski definition) is 3. The Morgan fingerprint density at radius 2 is 2.12 bits per heavy atom. The van der Waals surface area contributed by atoms with Gasteiger partial charge in [-0.25, -0.2) is 0 Å². The van der Waals surface area contributed by atoms with Crippen molar-refractivity contribution in [2.24, 2.45) is 0 Å². The summed E-state index contributed by atoms with van der Waals surface area (Å²) in [7, 11) is 1.88. The molecule has 0 unspecified atom stereocenters. The molecule has 2 aromatic rings. The monoisotopic (exact) mass is 226 g/mol. The van der Waals surface area contributed by atoms with Crippen LogP contribution in [0.15, 0.2) is 34.7 Å². The van der Waals surface area contributed by atoms with Gasteiger partial charge in [-0.1, -0.05) is 12.1 Å². The van der Waals surface area contributed by atoms with Crippen LogP contribution in [0, 0.1) is 18.3 Å². The fraction of sp³-hybridized carbons (Fsp3) is 0.214. The fourth-order valence-electron chi connectivity index (χ4n) is 1.70. The molecule has 3 nitrogen and oxygen atoms in total. The summed E-state index contributed by atoms with van der Waals surface area (Å²) in [6, 6.07) is 11.8. The Morgan fingerprint density at radius 1 is 1.29 bits per heavy atom. The highest BCUT2D eigenvalue weighted by molar-refractivity contribution is 5.61. The zero-order chi connectivity index (χ0) is 12.3. The smallest absolute Gasteiger partial charge is 0.134 e. The Bertz CT molecular complexity index is 564. The van der Waals surface area contributed by atoms with Crippen molar-refractivity contribution in [3.63, 3.8) is 0 Å². The number of furan rings is 1. The third-order valence-corrected chi connectivity index (χ3v) is 2.66. The van der Waals surface area contributed by atoms with Crippen molar-refractivity contribution in [1.82, 2.24) is 5.32 Å². The summed E-state index contributed by atoms with van der Waals surface area (Å²) in [6.45, 7) is 2.63. The SMILES string of the molecule is CNCc1ccc(-c2ccc(C)c(C#N)c2)o1. The lowest BCUT2D eigenvalue weighted by Gasteiger charge is -2.01. The highest BCUT2D eigenvalue weighted by atomic mass is 16.3. The van der Waals surface area contributed by atoms with Crippen LogP contribution in [0.2, 0.25) is 0 Å². The van der Waals surface area contributed by atoms with Gasteiger partial charge in [0.2, 0.25) is 0 Å². The van der Waals surface area contributed by atoms with Crippen molar-refractivity contribution in [2.45, 2.75) is 13.5 Å². The van der Waals surface area contributed by atoms with E-state index in [0.29, 0.717) is 12.1 Å². The van der Waals surface area contributed by atoms with Gasteiger partial charge in [0, 0.05) is 5.56 Å². The van der Waals surface area contributed by atoms with Crippen LogP contribution in [0.1, 0.15) is 16.9 Å². The normalized spacial score (nSPS) is 10.2. The van der Waals surface area contributed by atoms with E-state index in [2.05, 4.69) is 11.4 Å². The first-order valence-electron chi connectivity index (χ1n) is 5.49. The minimum Gasteiger partial charge on any atom is -0.460 e. The van der Waals surface area contributed by atoms with Crippen molar-refractivity contribution in [3.8, 4) is 17.4 Å². The van der Waals surface area contributed by atoms with Crippen LogP contribution in [-0.2, 0) is 6.54 Å². The summed E-state index contributed by atoms with van der Waals surface area (Å²) in [5.41, 5.74) is 2.61. The molecule has 17 heavy (non-hydrogen) atoms. The van der Waals surface area contributed by atoms with E-state index in [1.165, 1.54) is 0 Å². The molecular weight excluding hydrogens is 212 g/mol. The summed E-state index contributed by atoms with van der Waals surface area (Å²) in [6.07, 6.45) is 0. The molecule has 0 saturated heterocycles. The van der Waals surface area contributed by atoms with Crippen LogP contribution in [0.4, 0.5) is 0 Å². The predicted octanol–water partition coefficient (Wildman–Crippen LogP) is 2.85. The topological polar surface area (TPSA) is 49.0 Å². The molecule has 1 N–H and O–H groups in total. The maximum atomic E-state index is 8.99. The number of nitrogens with zero attached hydrogens (tertiary/aromatic N) is 1. The summed E-state index contributed by atoms with van der Waals surface area (Å²) in [5.74, 6) is 1.69. The second-order valence-electron chi connectivity index (χ2n) is 3.94. The third-order valence-electron chi connectivity index (χ3n) is 2.66. The molecule has 0 fully saturated rings.